The van der Waals surface area contributed by atoms with Gasteiger partial charge >= 0.3 is 5.97 Å². The molecule has 0 spiro atoms. The Balaban J connectivity index is 1.43. The van der Waals surface area contributed by atoms with Crippen LogP contribution in [-0.2, 0) is 17.8 Å². The highest BCUT2D eigenvalue weighted by Crippen LogP contribution is 2.34. The van der Waals surface area contributed by atoms with Gasteiger partial charge in [0.15, 0.2) is 4.34 Å². The lowest BCUT2D eigenvalue weighted by Gasteiger charge is -2.15. The molecule has 1 heterocycles. The minimum Gasteiger partial charge on any atom is -0.493 e. The van der Waals surface area contributed by atoms with Gasteiger partial charge in [-0.3, -0.25) is 4.79 Å². The first-order valence-corrected chi connectivity index (χ1v) is 11.0. The Labute approximate surface area is 182 Å². The maximum atomic E-state index is 12.9. The molecule has 0 amide bonds. The van der Waals surface area contributed by atoms with Gasteiger partial charge in [-0.05, 0) is 55.8 Å². The number of ether oxygens (including phenoxy) is 2. The average molecular weight is 448 g/mol. The van der Waals surface area contributed by atoms with Crippen LogP contribution >= 0.6 is 23.1 Å². The molecule has 0 saturated heterocycles. The molecular formula is C22H22FNO4S2. The first kappa shape index (κ1) is 22.1. The monoisotopic (exact) mass is 447 g/mol. The molecule has 2 aromatic carbocycles. The minimum atomic E-state index is -0.911. The van der Waals surface area contributed by atoms with Crippen molar-refractivity contribution in [2.75, 3.05) is 6.61 Å². The first-order valence-electron chi connectivity index (χ1n) is 9.29. The van der Waals surface area contributed by atoms with Crippen LogP contribution in [0.25, 0.3) is 0 Å². The summed E-state index contributed by atoms with van der Waals surface area (Å²) in [6, 6.07) is 13.5. The van der Waals surface area contributed by atoms with Gasteiger partial charge in [0.2, 0.25) is 0 Å². The zero-order valence-electron chi connectivity index (χ0n) is 16.6. The van der Waals surface area contributed by atoms with E-state index in [4.69, 9.17) is 9.47 Å². The number of aliphatic carboxylic acids is 1. The van der Waals surface area contributed by atoms with E-state index in [1.54, 1.807) is 26.0 Å². The third-order valence-corrected chi connectivity index (χ3v) is 6.33. The Morgan fingerprint density at radius 1 is 1.10 bits per heavy atom. The Bertz CT molecular complexity index is 972. The van der Waals surface area contributed by atoms with E-state index < -0.39 is 10.7 Å². The summed E-state index contributed by atoms with van der Waals surface area (Å²) in [6.45, 7) is 4.16. The van der Waals surface area contributed by atoms with Gasteiger partial charge in [-0.25, -0.2) is 9.37 Å². The molecule has 158 valence electrons. The lowest BCUT2D eigenvalue weighted by Crippen LogP contribution is -2.26. The fourth-order valence-electron chi connectivity index (χ4n) is 2.36. The quantitative estimate of drug-likeness (QED) is 0.418. The number of aromatic nitrogens is 1. The highest BCUT2D eigenvalue weighted by Gasteiger charge is 2.29. The number of benzene rings is 2. The number of halogens is 1. The summed E-state index contributed by atoms with van der Waals surface area (Å²) in [6.07, 6.45) is 0.632. The summed E-state index contributed by atoms with van der Waals surface area (Å²) in [5.74, 6) is 0.296. The van der Waals surface area contributed by atoms with E-state index >= 15 is 0 Å². The second kappa shape index (κ2) is 9.95. The fraction of sp³-hybridized carbons (Fsp3) is 0.273. The Morgan fingerprint density at radius 2 is 1.73 bits per heavy atom. The number of nitrogens with zero attached hydrogens (tertiary/aromatic N) is 1. The van der Waals surface area contributed by atoms with Gasteiger partial charge in [-0.15, -0.1) is 11.3 Å². The summed E-state index contributed by atoms with van der Waals surface area (Å²) in [4.78, 5) is 15.7. The van der Waals surface area contributed by atoms with Crippen molar-refractivity contribution in [3.63, 3.8) is 0 Å². The zero-order chi connectivity index (χ0) is 21.6. The number of thiazole rings is 1. The van der Waals surface area contributed by atoms with Crippen molar-refractivity contribution >= 4 is 29.1 Å². The van der Waals surface area contributed by atoms with E-state index in [9.17, 15) is 14.3 Å². The normalized spacial score (nSPS) is 11.3. The van der Waals surface area contributed by atoms with Crippen molar-refractivity contribution in [1.82, 2.24) is 4.98 Å². The molecule has 0 radical (unpaired) electrons. The molecule has 3 rings (SSSR count). The maximum absolute atomic E-state index is 12.9. The lowest BCUT2D eigenvalue weighted by molar-refractivity contribution is -0.138. The average Bonchev–Trinajstić information content (AvgIpc) is 3.15. The van der Waals surface area contributed by atoms with Crippen LogP contribution in [0.1, 0.15) is 25.1 Å². The molecule has 0 aliphatic rings. The number of carboxylic acids is 1. The van der Waals surface area contributed by atoms with E-state index in [1.165, 1.54) is 35.2 Å². The topological polar surface area (TPSA) is 68.7 Å². The third kappa shape index (κ3) is 6.47. The highest BCUT2D eigenvalue weighted by atomic mass is 32.2. The number of rotatable bonds is 10. The fourth-order valence-corrected chi connectivity index (χ4v) is 4.59. The van der Waals surface area contributed by atoms with Crippen LogP contribution in [0.2, 0.25) is 0 Å². The van der Waals surface area contributed by atoms with Crippen LogP contribution in [0.3, 0.4) is 0 Å². The summed E-state index contributed by atoms with van der Waals surface area (Å²) < 4.78 is 24.2. The molecule has 0 unspecified atom stereocenters. The van der Waals surface area contributed by atoms with E-state index in [1.807, 2.05) is 29.6 Å². The summed E-state index contributed by atoms with van der Waals surface area (Å²) in [5.41, 5.74) is 1.77. The Hall–Kier alpha value is -2.58. The molecule has 30 heavy (non-hydrogen) atoms. The van der Waals surface area contributed by atoms with Crippen LogP contribution in [-0.4, -0.2) is 27.4 Å². The molecule has 0 fully saturated rings. The second-order valence-corrected chi connectivity index (χ2v) is 9.74. The van der Waals surface area contributed by atoms with Crippen LogP contribution < -0.4 is 9.47 Å². The van der Waals surface area contributed by atoms with Gasteiger partial charge in [0.1, 0.15) is 28.7 Å². The molecule has 0 bridgehead atoms. The van der Waals surface area contributed by atoms with E-state index in [-0.39, 0.29) is 5.82 Å². The second-order valence-electron chi connectivity index (χ2n) is 7.01. The van der Waals surface area contributed by atoms with Gasteiger partial charge < -0.3 is 14.6 Å². The molecule has 0 aliphatic carbocycles. The maximum Gasteiger partial charge on any atom is 0.319 e. The standard InChI is InChI=1S/C22H22FNO4S2/c1-22(2,20(25)26)30-21-24-17(14-29-21)11-12-27-18-7-9-19(10-8-18)28-13-15-3-5-16(23)6-4-15/h3-10,14H,11-13H2,1-2H3,(H,25,26). The molecule has 0 atom stereocenters. The van der Waals surface area contributed by atoms with E-state index in [2.05, 4.69) is 4.98 Å². The van der Waals surface area contributed by atoms with Gasteiger partial charge in [0.25, 0.3) is 0 Å². The molecule has 1 N–H and O–H groups in total. The van der Waals surface area contributed by atoms with Crippen LogP contribution in [0.15, 0.2) is 58.3 Å². The van der Waals surface area contributed by atoms with Crippen molar-refractivity contribution in [1.29, 1.82) is 0 Å². The Kier molecular flexibility index (Phi) is 7.33. The molecular weight excluding hydrogens is 425 g/mol. The minimum absolute atomic E-state index is 0.267. The molecule has 0 saturated carbocycles. The molecule has 5 nitrogen and oxygen atoms in total. The number of carboxylic acid groups (broad SMARTS) is 1. The molecule has 3 aromatic rings. The Morgan fingerprint density at radius 3 is 2.37 bits per heavy atom. The number of thioether (sulfide) groups is 1. The van der Waals surface area contributed by atoms with E-state index in [0.29, 0.717) is 25.4 Å². The zero-order valence-corrected chi connectivity index (χ0v) is 18.3. The summed E-state index contributed by atoms with van der Waals surface area (Å²) in [5, 5.41) is 11.1. The largest absolute Gasteiger partial charge is 0.493 e. The number of hydrogen-bond acceptors (Lipinski definition) is 6. The highest BCUT2D eigenvalue weighted by molar-refractivity contribution is 8.02. The predicted molar refractivity (Wildman–Crippen MR) is 116 cm³/mol. The third-order valence-electron chi connectivity index (χ3n) is 4.16. The summed E-state index contributed by atoms with van der Waals surface area (Å²) in [7, 11) is 0. The molecule has 8 heteroatoms. The van der Waals surface area contributed by atoms with Crippen molar-refractivity contribution in [2.24, 2.45) is 0 Å². The van der Waals surface area contributed by atoms with Gasteiger partial charge in [-0.1, -0.05) is 23.9 Å². The van der Waals surface area contributed by atoms with Crippen LogP contribution in [0, 0.1) is 5.82 Å². The number of hydrogen-bond donors (Lipinski definition) is 1. The predicted octanol–water partition coefficient (Wildman–Crippen LogP) is 5.44. The van der Waals surface area contributed by atoms with E-state index in [0.717, 1.165) is 21.3 Å². The lowest BCUT2D eigenvalue weighted by atomic mass is 10.2. The van der Waals surface area contributed by atoms with Gasteiger partial charge in [0, 0.05) is 11.8 Å². The van der Waals surface area contributed by atoms with Crippen molar-refractivity contribution in [3.05, 3.63) is 71.0 Å². The van der Waals surface area contributed by atoms with Crippen molar-refractivity contribution in [2.45, 2.75) is 36.0 Å². The van der Waals surface area contributed by atoms with Gasteiger partial charge in [-0.2, -0.15) is 0 Å². The van der Waals surface area contributed by atoms with Gasteiger partial charge in [0.05, 0.1) is 12.3 Å². The summed E-state index contributed by atoms with van der Waals surface area (Å²) >= 11 is 2.69. The first-order chi connectivity index (χ1) is 14.3. The molecule has 0 aliphatic heterocycles. The van der Waals surface area contributed by atoms with Crippen molar-refractivity contribution in [3.8, 4) is 11.5 Å². The molecule has 1 aromatic heterocycles. The smallest absolute Gasteiger partial charge is 0.319 e. The van der Waals surface area contributed by atoms with Crippen LogP contribution in [0.5, 0.6) is 11.5 Å². The van der Waals surface area contributed by atoms with Crippen LogP contribution in [0.4, 0.5) is 4.39 Å². The number of carbonyl (C=O) groups is 1. The van der Waals surface area contributed by atoms with Crippen molar-refractivity contribution < 1.29 is 23.8 Å². The SMILES string of the molecule is CC(C)(Sc1nc(CCOc2ccc(OCc3ccc(F)cc3)cc2)cs1)C(=O)O.